The van der Waals surface area contributed by atoms with Crippen LogP contribution in [0.15, 0.2) is 22.7 Å². The molecular formula is C8H6BrO. The van der Waals surface area contributed by atoms with Crippen molar-refractivity contribution in [2.24, 2.45) is 0 Å². The van der Waals surface area contributed by atoms with Crippen molar-refractivity contribution in [2.75, 3.05) is 0 Å². The van der Waals surface area contributed by atoms with Crippen molar-refractivity contribution >= 4 is 22.2 Å². The largest absolute Gasteiger partial charge is 0.285 e. The Balaban J connectivity index is 3.27. The van der Waals surface area contributed by atoms with Gasteiger partial charge in [0.1, 0.15) is 0 Å². The van der Waals surface area contributed by atoms with Crippen LogP contribution in [-0.2, 0) is 4.79 Å². The Morgan fingerprint density at radius 1 is 1.50 bits per heavy atom. The topological polar surface area (TPSA) is 17.1 Å². The summed E-state index contributed by atoms with van der Waals surface area (Å²) in [6.45, 7) is 1.88. The molecule has 0 bridgehead atoms. The van der Waals surface area contributed by atoms with Gasteiger partial charge in [-0.15, -0.1) is 0 Å². The van der Waals surface area contributed by atoms with Crippen molar-refractivity contribution in [1.82, 2.24) is 0 Å². The van der Waals surface area contributed by atoms with Gasteiger partial charge in [0, 0.05) is 10.0 Å². The van der Waals surface area contributed by atoms with Gasteiger partial charge in [-0.3, -0.25) is 4.79 Å². The molecule has 0 saturated heterocycles. The lowest BCUT2D eigenvalue weighted by Gasteiger charge is -1.97. The molecule has 2 heteroatoms. The predicted molar refractivity (Wildman–Crippen MR) is 43.7 cm³/mol. The van der Waals surface area contributed by atoms with Gasteiger partial charge in [0.2, 0.25) is 6.29 Å². The summed E-state index contributed by atoms with van der Waals surface area (Å²) in [6.07, 6.45) is 1.86. The summed E-state index contributed by atoms with van der Waals surface area (Å²) < 4.78 is 0.952. The highest BCUT2D eigenvalue weighted by Gasteiger charge is 1.98. The summed E-state index contributed by atoms with van der Waals surface area (Å²) in [5.74, 6) is 0. The van der Waals surface area contributed by atoms with Crippen LogP contribution in [0.25, 0.3) is 0 Å². The standard InChI is InChI=1S/C8H6BrO/c1-6-7(5-10)3-2-4-8(6)9/h2-4H,1H3. The Kier molecular flexibility index (Phi) is 2.22. The smallest absolute Gasteiger partial charge is 0.233 e. The fraction of sp³-hybridized carbons (Fsp3) is 0.125. The van der Waals surface area contributed by atoms with E-state index in [1.54, 1.807) is 6.07 Å². The Hall–Kier alpha value is -0.630. The van der Waals surface area contributed by atoms with Gasteiger partial charge in [-0.2, -0.15) is 0 Å². The molecule has 51 valence electrons. The van der Waals surface area contributed by atoms with E-state index in [0.29, 0.717) is 5.56 Å². The lowest BCUT2D eigenvalue weighted by Crippen LogP contribution is -1.85. The lowest BCUT2D eigenvalue weighted by molar-refractivity contribution is 0.562. The monoisotopic (exact) mass is 197 g/mol. The van der Waals surface area contributed by atoms with Crippen molar-refractivity contribution in [3.8, 4) is 0 Å². The summed E-state index contributed by atoms with van der Waals surface area (Å²) in [6, 6.07) is 5.46. The molecule has 0 aliphatic carbocycles. The maximum Gasteiger partial charge on any atom is 0.233 e. The van der Waals surface area contributed by atoms with Crippen LogP contribution < -0.4 is 0 Å². The molecule has 0 aliphatic rings. The van der Waals surface area contributed by atoms with Gasteiger partial charge >= 0.3 is 0 Å². The number of rotatable bonds is 1. The Morgan fingerprint density at radius 3 is 2.70 bits per heavy atom. The van der Waals surface area contributed by atoms with Crippen LogP contribution in [0.3, 0.4) is 0 Å². The average Bonchev–Trinajstić information content (AvgIpc) is 1.95. The van der Waals surface area contributed by atoms with Crippen LogP contribution in [0.1, 0.15) is 11.1 Å². The van der Waals surface area contributed by atoms with E-state index in [9.17, 15) is 4.79 Å². The van der Waals surface area contributed by atoms with Crippen LogP contribution in [0, 0.1) is 6.92 Å². The molecule has 1 aromatic carbocycles. The number of hydrogen-bond acceptors (Lipinski definition) is 1. The third-order valence-corrected chi connectivity index (χ3v) is 2.24. The highest BCUT2D eigenvalue weighted by molar-refractivity contribution is 9.10. The second kappa shape index (κ2) is 2.97. The van der Waals surface area contributed by atoms with Crippen LogP contribution >= 0.6 is 15.9 Å². The van der Waals surface area contributed by atoms with Crippen LogP contribution in [0.4, 0.5) is 0 Å². The zero-order valence-corrected chi connectivity index (χ0v) is 7.10. The van der Waals surface area contributed by atoms with Crippen LogP contribution in [-0.4, -0.2) is 6.29 Å². The molecule has 1 aromatic rings. The minimum atomic E-state index is 0.620. The van der Waals surface area contributed by atoms with E-state index in [1.165, 1.54) is 0 Å². The first-order valence-corrected chi connectivity index (χ1v) is 3.68. The van der Waals surface area contributed by atoms with Crippen LogP contribution in [0.2, 0.25) is 0 Å². The van der Waals surface area contributed by atoms with E-state index < -0.39 is 0 Å². The predicted octanol–water partition coefficient (Wildman–Crippen LogP) is 2.22. The van der Waals surface area contributed by atoms with Gasteiger partial charge in [0.25, 0.3) is 0 Å². The van der Waals surface area contributed by atoms with E-state index in [-0.39, 0.29) is 0 Å². The van der Waals surface area contributed by atoms with Gasteiger partial charge in [-0.25, -0.2) is 0 Å². The molecule has 1 rings (SSSR count). The van der Waals surface area contributed by atoms with E-state index in [2.05, 4.69) is 15.9 Å². The number of hydrogen-bond donors (Lipinski definition) is 0. The summed E-state index contributed by atoms with van der Waals surface area (Å²) in [7, 11) is 0. The molecule has 0 atom stereocenters. The molecule has 0 spiro atoms. The molecule has 0 fully saturated rings. The number of carbonyl (C=O) groups excluding carboxylic acids is 1. The lowest BCUT2D eigenvalue weighted by atomic mass is 10.1. The molecule has 1 nitrogen and oxygen atoms in total. The highest BCUT2D eigenvalue weighted by atomic mass is 79.9. The Labute approximate surface area is 68.2 Å². The minimum absolute atomic E-state index is 0.620. The van der Waals surface area contributed by atoms with Crippen molar-refractivity contribution in [2.45, 2.75) is 6.92 Å². The average molecular weight is 198 g/mol. The third-order valence-electron chi connectivity index (χ3n) is 1.38. The maximum absolute atomic E-state index is 10.2. The summed E-state index contributed by atoms with van der Waals surface area (Å²) in [4.78, 5) is 10.2. The van der Waals surface area contributed by atoms with E-state index in [0.717, 1.165) is 10.0 Å². The van der Waals surface area contributed by atoms with E-state index in [4.69, 9.17) is 0 Å². The molecule has 0 aromatic heterocycles. The summed E-state index contributed by atoms with van der Waals surface area (Å²) >= 11 is 3.31. The second-order valence-corrected chi connectivity index (χ2v) is 2.87. The second-order valence-electron chi connectivity index (χ2n) is 2.01. The van der Waals surface area contributed by atoms with E-state index in [1.807, 2.05) is 25.3 Å². The van der Waals surface area contributed by atoms with Crippen molar-refractivity contribution < 1.29 is 4.79 Å². The molecule has 1 radical (unpaired) electrons. The molecule has 10 heavy (non-hydrogen) atoms. The zero-order valence-electron chi connectivity index (χ0n) is 5.52. The molecular weight excluding hydrogens is 192 g/mol. The van der Waals surface area contributed by atoms with Gasteiger partial charge in [-0.05, 0) is 18.6 Å². The molecule has 0 unspecified atom stereocenters. The Morgan fingerprint density at radius 2 is 2.20 bits per heavy atom. The highest BCUT2D eigenvalue weighted by Crippen LogP contribution is 2.17. The first-order chi connectivity index (χ1) is 4.75. The summed E-state index contributed by atoms with van der Waals surface area (Å²) in [5.41, 5.74) is 1.56. The first kappa shape index (κ1) is 7.48. The minimum Gasteiger partial charge on any atom is -0.285 e. The molecule has 0 N–H and O–H groups in total. The quantitative estimate of drug-likeness (QED) is 0.676. The molecule has 0 aliphatic heterocycles. The molecule has 0 saturated carbocycles. The first-order valence-electron chi connectivity index (χ1n) is 2.89. The van der Waals surface area contributed by atoms with Gasteiger partial charge in [0.15, 0.2) is 0 Å². The normalized spacial score (nSPS) is 9.40. The van der Waals surface area contributed by atoms with E-state index >= 15 is 0 Å². The van der Waals surface area contributed by atoms with Crippen molar-refractivity contribution in [1.29, 1.82) is 0 Å². The molecule has 0 amide bonds. The molecule has 0 heterocycles. The zero-order chi connectivity index (χ0) is 7.56. The van der Waals surface area contributed by atoms with Crippen LogP contribution in [0.5, 0.6) is 0 Å². The number of benzene rings is 1. The SMILES string of the molecule is Cc1c(Br)cccc1[C]=O. The third kappa shape index (κ3) is 1.27. The number of halogens is 1. The van der Waals surface area contributed by atoms with Gasteiger partial charge < -0.3 is 0 Å². The van der Waals surface area contributed by atoms with Crippen molar-refractivity contribution in [3.63, 3.8) is 0 Å². The fourth-order valence-electron chi connectivity index (χ4n) is 0.718. The Bertz CT molecular complexity index is 255. The van der Waals surface area contributed by atoms with Gasteiger partial charge in [-0.1, -0.05) is 28.1 Å². The van der Waals surface area contributed by atoms with Crippen molar-refractivity contribution in [3.05, 3.63) is 33.8 Å². The fourth-order valence-corrected chi connectivity index (χ4v) is 1.08. The summed E-state index contributed by atoms with van der Waals surface area (Å²) in [5, 5.41) is 0. The maximum atomic E-state index is 10.2. The van der Waals surface area contributed by atoms with Gasteiger partial charge in [0.05, 0.1) is 0 Å².